The Morgan fingerprint density at radius 3 is 2.68 bits per heavy atom. The molecule has 1 aromatic heterocycles. The summed E-state index contributed by atoms with van der Waals surface area (Å²) in [4.78, 5) is 4.24. The summed E-state index contributed by atoms with van der Waals surface area (Å²) in [6.07, 6.45) is 1.70. The van der Waals surface area contributed by atoms with Crippen molar-refractivity contribution in [1.29, 1.82) is 0 Å². The molecule has 102 valence electrons. The molecular formula is C14H19FN4. The molecule has 0 bridgehead atoms. The molecule has 0 spiro atoms. The lowest BCUT2D eigenvalue weighted by molar-refractivity contribution is 0.539. The molecule has 5 heteroatoms. The van der Waals surface area contributed by atoms with Gasteiger partial charge in [0.15, 0.2) is 5.82 Å². The number of nitrogens with one attached hydrogen (secondary N) is 1. The zero-order chi connectivity index (χ0) is 13.7. The third kappa shape index (κ3) is 4.44. The van der Waals surface area contributed by atoms with E-state index < -0.39 is 0 Å². The van der Waals surface area contributed by atoms with Crippen LogP contribution in [0.25, 0.3) is 0 Å². The zero-order valence-electron chi connectivity index (χ0n) is 11.3. The Labute approximate surface area is 112 Å². The molecule has 0 aliphatic heterocycles. The molecule has 0 saturated carbocycles. The fraction of sp³-hybridized carbons (Fsp3) is 0.429. The van der Waals surface area contributed by atoms with Crippen molar-refractivity contribution in [1.82, 2.24) is 20.1 Å². The van der Waals surface area contributed by atoms with Crippen LogP contribution in [0.15, 0.2) is 30.6 Å². The standard InChI is InChI=1S/C14H19FN4/c1-11(2)7-16-8-14-17-10-19(18-14)9-12-3-5-13(15)6-4-12/h3-6,10-11,16H,7-9H2,1-2H3. The van der Waals surface area contributed by atoms with Crippen LogP contribution in [0.3, 0.4) is 0 Å². The maximum absolute atomic E-state index is 12.8. The number of rotatable bonds is 6. The zero-order valence-corrected chi connectivity index (χ0v) is 11.3. The Balaban J connectivity index is 1.88. The molecule has 0 radical (unpaired) electrons. The largest absolute Gasteiger partial charge is 0.310 e. The number of halogens is 1. The average Bonchev–Trinajstić information content (AvgIpc) is 2.79. The van der Waals surface area contributed by atoms with Crippen LogP contribution in [-0.4, -0.2) is 21.3 Å². The first-order chi connectivity index (χ1) is 9.13. The molecule has 19 heavy (non-hydrogen) atoms. The SMILES string of the molecule is CC(C)CNCc1ncn(Cc2ccc(F)cc2)n1. The van der Waals surface area contributed by atoms with Gasteiger partial charge in [-0.3, -0.25) is 0 Å². The van der Waals surface area contributed by atoms with Gasteiger partial charge in [0.2, 0.25) is 0 Å². The Kier molecular flexibility index (Phi) is 4.63. The van der Waals surface area contributed by atoms with Gasteiger partial charge in [0.05, 0.1) is 13.1 Å². The quantitative estimate of drug-likeness (QED) is 0.868. The van der Waals surface area contributed by atoms with Gasteiger partial charge >= 0.3 is 0 Å². The van der Waals surface area contributed by atoms with Gasteiger partial charge < -0.3 is 5.32 Å². The smallest absolute Gasteiger partial charge is 0.164 e. The van der Waals surface area contributed by atoms with Crippen LogP contribution < -0.4 is 5.32 Å². The van der Waals surface area contributed by atoms with Gasteiger partial charge in [-0.15, -0.1) is 0 Å². The van der Waals surface area contributed by atoms with Gasteiger partial charge in [0.1, 0.15) is 12.1 Å². The summed E-state index contributed by atoms with van der Waals surface area (Å²) in [5.41, 5.74) is 1.01. The van der Waals surface area contributed by atoms with E-state index >= 15 is 0 Å². The maximum Gasteiger partial charge on any atom is 0.164 e. The van der Waals surface area contributed by atoms with Crippen molar-refractivity contribution in [2.45, 2.75) is 26.9 Å². The van der Waals surface area contributed by atoms with Crippen LogP contribution in [-0.2, 0) is 13.1 Å². The van der Waals surface area contributed by atoms with E-state index in [1.54, 1.807) is 23.1 Å². The monoisotopic (exact) mass is 262 g/mol. The van der Waals surface area contributed by atoms with Crippen molar-refractivity contribution in [3.63, 3.8) is 0 Å². The van der Waals surface area contributed by atoms with E-state index in [-0.39, 0.29) is 5.82 Å². The van der Waals surface area contributed by atoms with Crippen molar-refractivity contribution in [2.24, 2.45) is 5.92 Å². The summed E-state index contributed by atoms with van der Waals surface area (Å²) < 4.78 is 14.6. The van der Waals surface area contributed by atoms with E-state index in [0.29, 0.717) is 19.0 Å². The minimum absolute atomic E-state index is 0.221. The van der Waals surface area contributed by atoms with Crippen molar-refractivity contribution in [2.75, 3.05) is 6.54 Å². The topological polar surface area (TPSA) is 42.7 Å². The molecule has 1 N–H and O–H groups in total. The maximum atomic E-state index is 12.8. The molecule has 0 atom stereocenters. The molecule has 0 amide bonds. The van der Waals surface area contributed by atoms with E-state index in [9.17, 15) is 4.39 Å². The van der Waals surface area contributed by atoms with Crippen LogP contribution >= 0.6 is 0 Å². The summed E-state index contributed by atoms with van der Waals surface area (Å²) >= 11 is 0. The summed E-state index contributed by atoms with van der Waals surface area (Å²) in [6.45, 7) is 6.56. The van der Waals surface area contributed by atoms with E-state index in [1.807, 2.05) is 0 Å². The molecule has 4 nitrogen and oxygen atoms in total. The highest BCUT2D eigenvalue weighted by Crippen LogP contribution is 2.04. The van der Waals surface area contributed by atoms with Crippen LogP contribution in [0.4, 0.5) is 4.39 Å². The summed E-state index contributed by atoms with van der Waals surface area (Å²) in [7, 11) is 0. The normalized spacial score (nSPS) is 11.2. The van der Waals surface area contributed by atoms with Crippen LogP contribution in [0.5, 0.6) is 0 Å². The minimum Gasteiger partial charge on any atom is -0.310 e. The lowest BCUT2D eigenvalue weighted by Gasteiger charge is -2.04. The van der Waals surface area contributed by atoms with Crippen molar-refractivity contribution in [3.8, 4) is 0 Å². The van der Waals surface area contributed by atoms with Crippen LogP contribution in [0.2, 0.25) is 0 Å². The molecule has 2 aromatic rings. The number of benzene rings is 1. The van der Waals surface area contributed by atoms with E-state index in [0.717, 1.165) is 17.9 Å². The summed E-state index contributed by atoms with van der Waals surface area (Å²) in [5, 5.41) is 7.67. The predicted molar refractivity (Wildman–Crippen MR) is 72.1 cm³/mol. The van der Waals surface area contributed by atoms with Crippen LogP contribution in [0.1, 0.15) is 25.2 Å². The molecule has 1 aromatic carbocycles. The lowest BCUT2D eigenvalue weighted by atomic mass is 10.2. The Morgan fingerprint density at radius 2 is 2.00 bits per heavy atom. The Hall–Kier alpha value is -1.75. The predicted octanol–water partition coefficient (Wildman–Crippen LogP) is 2.21. The van der Waals surface area contributed by atoms with Gasteiger partial charge in [-0.1, -0.05) is 26.0 Å². The Morgan fingerprint density at radius 1 is 1.26 bits per heavy atom. The summed E-state index contributed by atoms with van der Waals surface area (Å²) in [5.74, 6) is 1.17. The first-order valence-electron chi connectivity index (χ1n) is 6.47. The Bertz CT molecular complexity index is 504. The third-order valence-corrected chi connectivity index (χ3v) is 2.68. The molecule has 0 fully saturated rings. The molecule has 1 heterocycles. The highest BCUT2D eigenvalue weighted by Gasteiger charge is 2.02. The van der Waals surface area contributed by atoms with Crippen molar-refractivity contribution in [3.05, 3.63) is 47.8 Å². The van der Waals surface area contributed by atoms with Gasteiger partial charge in [-0.2, -0.15) is 5.10 Å². The highest BCUT2D eigenvalue weighted by molar-refractivity contribution is 5.16. The second kappa shape index (κ2) is 6.43. The van der Waals surface area contributed by atoms with Gasteiger partial charge in [0.25, 0.3) is 0 Å². The van der Waals surface area contributed by atoms with Crippen molar-refractivity contribution >= 4 is 0 Å². The summed E-state index contributed by atoms with van der Waals surface area (Å²) in [6, 6.07) is 6.43. The van der Waals surface area contributed by atoms with Gasteiger partial charge in [-0.05, 0) is 30.2 Å². The van der Waals surface area contributed by atoms with E-state index in [1.165, 1.54) is 12.1 Å². The number of hydrogen-bond acceptors (Lipinski definition) is 3. The number of nitrogens with zero attached hydrogens (tertiary/aromatic N) is 3. The number of aromatic nitrogens is 3. The van der Waals surface area contributed by atoms with Gasteiger partial charge in [-0.25, -0.2) is 14.1 Å². The first kappa shape index (κ1) is 13.7. The highest BCUT2D eigenvalue weighted by atomic mass is 19.1. The molecule has 0 aliphatic rings. The fourth-order valence-corrected chi connectivity index (χ4v) is 1.74. The second-order valence-electron chi connectivity index (χ2n) is 5.01. The molecule has 0 unspecified atom stereocenters. The third-order valence-electron chi connectivity index (χ3n) is 2.68. The van der Waals surface area contributed by atoms with Crippen LogP contribution in [0, 0.1) is 11.7 Å². The molecule has 0 aliphatic carbocycles. The van der Waals surface area contributed by atoms with Crippen molar-refractivity contribution < 1.29 is 4.39 Å². The van der Waals surface area contributed by atoms with E-state index in [4.69, 9.17) is 0 Å². The van der Waals surface area contributed by atoms with Gasteiger partial charge in [0, 0.05) is 0 Å². The molecule has 2 rings (SSSR count). The second-order valence-corrected chi connectivity index (χ2v) is 5.01. The molecular weight excluding hydrogens is 243 g/mol. The van der Waals surface area contributed by atoms with E-state index in [2.05, 4.69) is 29.2 Å². The number of hydrogen-bond donors (Lipinski definition) is 1. The molecule has 0 saturated heterocycles. The lowest BCUT2D eigenvalue weighted by Crippen LogP contribution is -2.19. The fourth-order valence-electron chi connectivity index (χ4n) is 1.74. The minimum atomic E-state index is -0.221. The first-order valence-corrected chi connectivity index (χ1v) is 6.47. The average molecular weight is 262 g/mol.